The van der Waals surface area contributed by atoms with Gasteiger partial charge in [-0.05, 0) is 89.5 Å². The van der Waals surface area contributed by atoms with Crippen LogP contribution in [0.2, 0.25) is 0 Å². The normalized spacial score (nSPS) is 18.5. The number of aliphatic hydroxyl groups excluding tert-OH is 2. The number of aliphatic hydroxyl groups is 2. The minimum absolute atomic E-state index is 0.241. The van der Waals surface area contributed by atoms with Gasteiger partial charge >= 0.3 is 0 Å². The second kappa shape index (κ2) is 15.1. The number of anilines is 2. The smallest absolute Gasteiger partial charge is 0.255 e. The molecule has 248 valence electrons. The summed E-state index contributed by atoms with van der Waals surface area (Å²) >= 11 is 0. The number of nitrogens with one attached hydrogen (secondary N) is 2. The number of rotatable bonds is 3. The molecule has 0 spiro atoms. The molecule has 0 saturated heterocycles. The number of likely N-dealkylation sites (N-methyl/N-ethyl adjacent to an activating group) is 1. The number of fused-ring (bicyclic) bond motifs is 10. The first-order valence-corrected chi connectivity index (χ1v) is 16.4. The summed E-state index contributed by atoms with van der Waals surface area (Å²) < 4.78 is 11.7. The van der Waals surface area contributed by atoms with E-state index in [-0.39, 0.29) is 25.0 Å². The van der Waals surface area contributed by atoms with Crippen LogP contribution in [0.25, 0.3) is 21.5 Å². The predicted octanol–water partition coefficient (Wildman–Crippen LogP) is 6.80. The van der Waals surface area contributed by atoms with E-state index in [1.165, 1.54) is 0 Å². The molecule has 5 aromatic carbocycles. The Labute approximate surface area is 280 Å². The van der Waals surface area contributed by atoms with E-state index in [0.29, 0.717) is 53.1 Å². The number of nitrogens with zero attached hydrogens (tertiary/aromatic N) is 1. The van der Waals surface area contributed by atoms with Gasteiger partial charge < -0.3 is 35.2 Å². The Morgan fingerprint density at radius 3 is 1.67 bits per heavy atom. The number of amides is 2. The molecule has 6 bridgehead atoms. The Hall–Kier alpha value is -4.64. The monoisotopic (exact) mass is 647 g/mol. The quantitative estimate of drug-likeness (QED) is 0.170. The van der Waals surface area contributed by atoms with Crippen molar-refractivity contribution in [3.05, 3.63) is 119 Å². The molecule has 0 saturated carbocycles. The molecular weight excluding hydrogens is 606 g/mol. The molecule has 0 unspecified atom stereocenters. The first-order chi connectivity index (χ1) is 23.3. The van der Waals surface area contributed by atoms with Gasteiger partial charge in [-0.1, -0.05) is 61.9 Å². The number of carbonyl (C=O) groups excluding carboxylic acids is 2. The fraction of sp³-hybridized carbons (Fsp3) is 0.282. The number of aryl methyl sites for hydroxylation is 1. The van der Waals surface area contributed by atoms with Gasteiger partial charge in [0.2, 0.25) is 0 Å². The number of unbranched alkanes of at least 4 members (excludes halogenated alkanes) is 1. The lowest BCUT2D eigenvalue weighted by Crippen LogP contribution is -2.28. The van der Waals surface area contributed by atoms with Crippen molar-refractivity contribution in [1.29, 1.82) is 0 Å². The van der Waals surface area contributed by atoms with Crippen molar-refractivity contribution in [3.63, 3.8) is 0 Å². The van der Waals surface area contributed by atoms with E-state index in [1.807, 2.05) is 84.7 Å². The Kier molecular flexibility index (Phi) is 10.4. The van der Waals surface area contributed by atoms with E-state index in [1.54, 1.807) is 18.2 Å². The standard InChI is InChI=1S/C39H41N3O6/c1-3-4-9-25-18-28-20-29(19-25)37(44)41-31-22-27-11-6-8-13-33(27)35(24-31)39(46)48-17-15-42(2)14-16-47-38(45)34-23-30(40-36(28)43)21-26-10-5-7-12-32(26)34/h5-8,10-13,18-24,38-39,45-46H,3-4,9,14-17H2,1-2H3,(H,40,43)(H,41,44)/t38-,39+. The number of hydrogen-bond donors (Lipinski definition) is 4. The maximum Gasteiger partial charge on any atom is 0.255 e. The third-order valence-electron chi connectivity index (χ3n) is 8.67. The zero-order valence-electron chi connectivity index (χ0n) is 27.2. The van der Waals surface area contributed by atoms with Crippen molar-refractivity contribution < 1.29 is 29.3 Å². The van der Waals surface area contributed by atoms with Crippen LogP contribution >= 0.6 is 0 Å². The van der Waals surface area contributed by atoms with Gasteiger partial charge in [-0.25, -0.2) is 0 Å². The van der Waals surface area contributed by atoms with E-state index >= 15 is 0 Å². The van der Waals surface area contributed by atoms with E-state index in [9.17, 15) is 19.8 Å². The van der Waals surface area contributed by atoms with E-state index in [2.05, 4.69) is 17.6 Å². The lowest BCUT2D eigenvalue weighted by Gasteiger charge is -2.21. The largest absolute Gasteiger partial charge is 0.364 e. The van der Waals surface area contributed by atoms with Gasteiger partial charge in [0.1, 0.15) is 0 Å². The Balaban J connectivity index is 1.40. The molecule has 1 aliphatic heterocycles. The van der Waals surface area contributed by atoms with Crippen LogP contribution in [0.3, 0.4) is 0 Å². The van der Waals surface area contributed by atoms with Crippen LogP contribution < -0.4 is 10.6 Å². The highest BCUT2D eigenvalue weighted by Gasteiger charge is 2.19. The average molecular weight is 648 g/mol. The molecule has 48 heavy (non-hydrogen) atoms. The maximum atomic E-state index is 13.8. The van der Waals surface area contributed by atoms with Crippen molar-refractivity contribution >= 4 is 44.7 Å². The second-order valence-corrected chi connectivity index (χ2v) is 12.3. The molecule has 2 amide bonds. The molecule has 0 fully saturated rings. The lowest BCUT2D eigenvalue weighted by atomic mass is 9.99. The summed E-state index contributed by atoms with van der Waals surface area (Å²) in [4.78, 5) is 29.5. The highest BCUT2D eigenvalue weighted by atomic mass is 16.6. The van der Waals surface area contributed by atoms with E-state index in [0.717, 1.165) is 39.9 Å². The fourth-order valence-corrected chi connectivity index (χ4v) is 6.05. The molecule has 1 aliphatic rings. The molecule has 5 aromatic rings. The van der Waals surface area contributed by atoms with Crippen molar-refractivity contribution in [1.82, 2.24) is 4.90 Å². The Morgan fingerprint density at radius 1 is 0.708 bits per heavy atom. The van der Waals surface area contributed by atoms with Gasteiger partial charge in [-0.3, -0.25) is 9.59 Å². The second-order valence-electron chi connectivity index (χ2n) is 12.3. The summed E-state index contributed by atoms with van der Waals surface area (Å²) in [6.07, 6.45) is 0.108. The van der Waals surface area contributed by atoms with E-state index in [4.69, 9.17) is 9.47 Å². The van der Waals surface area contributed by atoms with Crippen LogP contribution in [0.1, 0.15) is 69.8 Å². The molecule has 4 N–H and O–H groups in total. The van der Waals surface area contributed by atoms with Gasteiger partial charge in [0.15, 0.2) is 12.6 Å². The summed E-state index contributed by atoms with van der Waals surface area (Å²) in [7, 11) is 1.91. The molecule has 9 nitrogen and oxygen atoms in total. The third-order valence-corrected chi connectivity index (χ3v) is 8.67. The summed E-state index contributed by atoms with van der Waals surface area (Å²) in [5.41, 5.74) is 3.62. The van der Waals surface area contributed by atoms with Crippen LogP contribution in [0.15, 0.2) is 91.0 Å². The SMILES string of the molecule is CCCCc1cc2cc(c1)C(=O)Nc1cc(c3ccccc3c1)[C@@H](O)OCCN(C)CCO[C@@H](O)c1cc(cc3ccccc13)NC2=O. The first kappa shape index (κ1) is 33.3. The maximum absolute atomic E-state index is 13.8. The van der Waals surface area contributed by atoms with Crippen molar-refractivity contribution in [2.45, 2.75) is 38.8 Å². The average Bonchev–Trinajstić information content (AvgIpc) is 3.09. The van der Waals surface area contributed by atoms with Gasteiger partial charge in [0.25, 0.3) is 11.8 Å². The van der Waals surface area contributed by atoms with Crippen LogP contribution in [-0.4, -0.2) is 60.3 Å². The number of benzene rings is 5. The van der Waals surface area contributed by atoms with Crippen molar-refractivity contribution in [2.75, 3.05) is 44.0 Å². The van der Waals surface area contributed by atoms with Crippen LogP contribution in [0, 0.1) is 0 Å². The highest BCUT2D eigenvalue weighted by molar-refractivity contribution is 6.10. The number of carbonyl (C=O) groups is 2. The van der Waals surface area contributed by atoms with Gasteiger partial charge in [-0.15, -0.1) is 0 Å². The van der Waals surface area contributed by atoms with Gasteiger partial charge in [0.05, 0.1) is 13.2 Å². The highest BCUT2D eigenvalue weighted by Crippen LogP contribution is 2.31. The Morgan fingerprint density at radius 2 is 1.19 bits per heavy atom. The topological polar surface area (TPSA) is 120 Å². The predicted molar refractivity (Wildman–Crippen MR) is 188 cm³/mol. The molecule has 6 rings (SSSR count). The number of hydrogen-bond acceptors (Lipinski definition) is 7. The van der Waals surface area contributed by atoms with Crippen molar-refractivity contribution in [3.8, 4) is 0 Å². The molecule has 9 heteroatoms. The molecule has 0 radical (unpaired) electrons. The van der Waals surface area contributed by atoms with E-state index < -0.39 is 12.6 Å². The minimum atomic E-state index is -1.23. The first-order valence-electron chi connectivity index (χ1n) is 16.4. The molecule has 2 atom stereocenters. The molecule has 0 aliphatic carbocycles. The zero-order valence-corrected chi connectivity index (χ0v) is 27.2. The summed E-state index contributed by atoms with van der Waals surface area (Å²) in [5, 5.41) is 31.5. The summed E-state index contributed by atoms with van der Waals surface area (Å²) in [6, 6.07) is 27.6. The summed E-state index contributed by atoms with van der Waals surface area (Å²) in [5.74, 6) is -0.757. The van der Waals surface area contributed by atoms with Gasteiger partial charge in [0, 0.05) is 46.7 Å². The molecule has 1 heterocycles. The summed E-state index contributed by atoms with van der Waals surface area (Å²) in [6.45, 7) is 3.59. The molecule has 0 aromatic heterocycles. The fourth-order valence-electron chi connectivity index (χ4n) is 6.05. The lowest BCUT2D eigenvalue weighted by molar-refractivity contribution is -0.113. The van der Waals surface area contributed by atoms with Crippen LogP contribution in [0.4, 0.5) is 11.4 Å². The van der Waals surface area contributed by atoms with Crippen LogP contribution in [0.5, 0.6) is 0 Å². The third kappa shape index (κ3) is 7.73. The minimum Gasteiger partial charge on any atom is -0.364 e. The molecular formula is C39H41N3O6. The van der Waals surface area contributed by atoms with Crippen molar-refractivity contribution in [2.24, 2.45) is 0 Å². The van der Waals surface area contributed by atoms with Gasteiger partial charge in [-0.2, -0.15) is 0 Å². The van der Waals surface area contributed by atoms with Crippen LogP contribution in [-0.2, 0) is 15.9 Å². The zero-order chi connectivity index (χ0) is 33.6. The Bertz CT molecular complexity index is 1810. The number of ether oxygens (including phenoxy) is 2.